The van der Waals surface area contributed by atoms with Crippen LogP contribution in [-0.2, 0) is 4.74 Å². The first-order valence-electron chi connectivity index (χ1n) is 7.20. The van der Waals surface area contributed by atoms with Gasteiger partial charge in [-0.25, -0.2) is 4.79 Å². The molecule has 7 nitrogen and oxygen atoms in total. The van der Waals surface area contributed by atoms with Gasteiger partial charge in [0.25, 0.3) is 0 Å². The van der Waals surface area contributed by atoms with Gasteiger partial charge in [-0.05, 0) is 18.6 Å². The van der Waals surface area contributed by atoms with Crippen LogP contribution < -0.4 is 14.2 Å². The van der Waals surface area contributed by atoms with Gasteiger partial charge < -0.3 is 18.9 Å². The number of methoxy groups -OCH3 is 2. The van der Waals surface area contributed by atoms with Crippen molar-refractivity contribution in [3.8, 4) is 23.5 Å². The van der Waals surface area contributed by atoms with Crippen LogP contribution in [0.25, 0.3) is 6.08 Å². The minimum Gasteiger partial charge on any atom is -0.481 e. The summed E-state index contributed by atoms with van der Waals surface area (Å²) >= 11 is 0. The molecule has 0 aliphatic carbocycles. The summed E-state index contributed by atoms with van der Waals surface area (Å²) in [5.41, 5.74) is 0.834. The standard InChI is InChI=1S/C17H18N2O5/c1-5-11-8-7-9-12(15(11)16(20)23-6-2)24-17-18-13(21-3)10-14(19-17)22-4/h5,7-10H,1,6H2,2-4H3. The highest BCUT2D eigenvalue weighted by molar-refractivity contribution is 5.96. The number of rotatable bonds is 7. The summed E-state index contributed by atoms with van der Waals surface area (Å²) in [6, 6.07) is 6.58. The van der Waals surface area contributed by atoms with Gasteiger partial charge in [-0.3, -0.25) is 0 Å². The summed E-state index contributed by atoms with van der Waals surface area (Å²) in [7, 11) is 2.93. The van der Waals surface area contributed by atoms with Crippen LogP contribution in [0.4, 0.5) is 0 Å². The Morgan fingerprint density at radius 3 is 2.42 bits per heavy atom. The maximum atomic E-state index is 12.2. The monoisotopic (exact) mass is 330 g/mol. The van der Waals surface area contributed by atoms with Gasteiger partial charge in [0.1, 0.15) is 11.3 Å². The molecule has 0 radical (unpaired) electrons. The molecule has 1 aromatic heterocycles. The maximum absolute atomic E-state index is 12.2. The summed E-state index contributed by atoms with van der Waals surface area (Å²) in [6.07, 6.45) is 1.55. The Kier molecular flexibility index (Phi) is 5.73. The second-order valence-corrected chi connectivity index (χ2v) is 4.48. The molecule has 2 aromatic rings. The zero-order chi connectivity index (χ0) is 17.5. The largest absolute Gasteiger partial charge is 0.481 e. The highest BCUT2D eigenvalue weighted by Crippen LogP contribution is 2.29. The maximum Gasteiger partial charge on any atom is 0.342 e. The molecule has 0 fully saturated rings. The third-order valence-electron chi connectivity index (χ3n) is 3.04. The number of hydrogen-bond acceptors (Lipinski definition) is 7. The molecule has 0 amide bonds. The number of esters is 1. The van der Waals surface area contributed by atoms with Crippen LogP contribution in [0.2, 0.25) is 0 Å². The Labute approximate surface area is 139 Å². The fourth-order valence-electron chi connectivity index (χ4n) is 1.96. The van der Waals surface area contributed by atoms with Crippen molar-refractivity contribution < 1.29 is 23.7 Å². The Balaban J connectivity index is 2.46. The van der Waals surface area contributed by atoms with Crippen molar-refractivity contribution in [1.82, 2.24) is 9.97 Å². The zero-order valence-corrected chi connectivity index (χ0v) is 13.7. The predicted molar refractivity (Wildman–Crippen MR) is 87.7 cm³/mol. The molecule has 0 bridgehead atoms. The Bertz CT molecular complexity index is 724. The lowest BCUT2D eigenvalue weighted by Crippen LogP contribution is -2.09. The van der Waals surface area contributed by atoms with E-state index < -0.39 is 5.97 Å². The van der Waals surface area contributed by atoms with Gasteiger partial charge in [0.15, 0.2) is 0 Å². The Hall–Kier alpha value is -3.09. The lowest BCUT2D eigenvalue weighted by Gasteiger charge is -2.12. The number of ether oxygens (including phenoxy) is 4. The van der Waals surface area contributed by atoms with Gasteiger partial charge in [-0.1, -0.05) is 24.8 Å². The fourth-order valence-corrected chi connectivity index (χ4v) is 1.96. The average Bonchev–Trinajstić information content (AvgIpc) is 2.61. The first-order chi connectivity index (χ1) is 11.6. The van der Waals surface area contributed by atoms with Crippen LogP contribution in [0.1, 0.15) is 22.8 Å². The van der Waals surface area contributed by atoms with E-state index in [9.17, 15) is 4.79 Å². The van der Waals surface area contributed by atoms with E-state index in [1.807, 2.05) is 0 Å². The van der Waals surface area contributed by atoms with Crippen molar-refractivity contribution in [2.24, 2.45) is 0 Å². The van der Waals surface area contributed by atoms with E-state index in [0.717, 1.165) is 0 Å². The van der Waals surface area contributed by atoms with Crippen LogP contribution in [0.3, 0.4) is 0 Å². The minimum absolute atomic E-state index is 0.0158. The number of nitrogens with zero attached hydrogens (tertiary/aromatic N) is 2. The molecule has 0 saturated carbocycles. The third-order valence-corrected chi connectivity index (χ3v) is 3.04. The molecule has 0 aliphatic heterocycles. The van der Waals surface area contributed by atoms with Crippen LogP contribution in [0.5, 0.6) is 23.5 Å². The van der Waals surface area contributed by atoms with Gasteiger partial charge in [-0.15, -0.1) is 0 Å². The summed E-state index contributed by atoms with van der Waals surface area (Å²) < 4.78 is 20.9. The topological polar surface area (TPSA) is 79.8 Å². The van der Waals surface area contributed by atoms with Crippen LogP contribution in [-0.4, -0.2) is 36.8 Å². The van der Waals surface area contributed by atoms with Gasteiger partial charge in [0, 0.05) is 0 Å². The van der Waals surface area contributed by atoms with E-state index in [2.05, 4.69) is 16.5 Å². The van der Waals surface area contributed by atoms with E-state index in [4.69, 9.17) is 18.9 Å². The molecule has 126 valence electrons. The Morgan fingerprint density at radius 2 is 1.88 bits per heavy atom. The molecule has 1 heterocycles. The van der Waals surface area contributed by atoms with Crippen molar-refractivity contribution in [3.05, 3.63) is 42.0 Å². The molecule has 0 N–H and O–H groups in total. The van der Waals surface area contributed by atoms with Gasteiger partial charge >= 0.3 is 12.0 Å². The molecule has 0 atom stereocenters. The van der Waals surface area contributed by atoms with Gasteiger partial charge in [0.05, 0.1) is 26.9 Å². The second-order valence-electron chi connectivity index (χ2n) is 4.48. The van der Waals surface area contributed by atoms with Crippen LogP contribution >= 0.6 is 0 Å². The molecule has 0 aliphatic rings. The molecule has 1 aromatic carbocycles. The van der Waals surface area contributed by atoms with Crippen molar-refractivity contribution in [1.29, 1.82) is 0 Å². The molecule has 0 spiro atoms. The predicted octanol–water partition coefficient (Wildman–Crippen LogP) is 3.11. The molecule has 7 heteroatoms. The molecule has 0 saturated heterocycles. The van der Waals surface area contributed by atoms with Crippen molar-refractivity contribution in [2.45, 2.75) is 6.92 Å². The number of carbonyl (C=O) groups is 1. The highest BCUT2D eigenvalue weighted by atomic mass is 16.5. The van der Waals surface area contributed by atoms with Crippen LogP contribution in [0, 0.1) is 0 Å². The van der Waals surface area contributed by atoms with E-state index in [-0.39, 0.29) is 35.7 Å². The summed E-state index contributed by atoms with van der Waals surface area (Å²) in [5, 5.41) is 0. The average molecular weight is 330 g/mol. The van der Waals surface area contributed by atoms with Crippen LogP contribution in [0.15, 0.2) is 30.8 Å². The number of hydrogen-bond donors (Lipinski definition) is 0. The van der Waals surface area contributed by atoms with Crippen molar-refractivity contribution in [3.63, 3.8) is 0 Å². The van der Waals surface area contributed by atoms with E-state index >= 15 is 0 Å². The summed E-state index contributed by atoms with van der Waals surface area (Å²) in [6.45, 7) is 5.67. The quantitative estimate of drug-likeness (QED) is 0.722. The Morgan fingerprint density at radius 1 is 1.21 bits per heavy atom. The SMILES string of the molecule is C=Cc1cccc(Oc2nc(OC)cc(OC)n2)c1C(=O)OCC. The lowest BCUT2D eigenvalue weighted by atomic mass is 10.1. The van der Waals surface area contributed by atoms with Gasteiger partial charge in [-0.2, -0.15) is 9.97 Å². The molecule has 0 unspecified atom stereocenters. The van der Waals surface area contributed by atoms with E-state index in [1.54, 1.807) is 31.2 Å². The minimum atomic E-state index is -0.516. The van der Waals surface area contributed by atoms with E-state index in [0.29, 0.717) is 5.56 Å². The number of carbonyl (C=O) groups excluding carboxylic acids is 1. The molecule has 2 rings (SSSR count). The normalized spacial score (nSPS) is 9.96. The first-order valence-corrected chi connectivity index (χ1v) is 7.20. The molecule has 24 heavy (non-hydrogen) atoms. The number of benzene rings is 1. The highest BCUT2D eigenvalue weighted by Gasteiger charge is 2.19. The van der Waals surface area contributed by atoms with Crippen molar-refractivity contribution in [2.75, 3.05) is 20.8 Å². The smallest absolute Gasteiger partial charge is 0.342 e. The summed E-state index contributed by atoms with van der Waals surface area (Å²) in [5.74, 6) is 0.280. The second kappa shape index (κ2) is 7.96. The van der Waals surface area contributed by atoms with Crippen molar-refractivity contribution >= 4 is 12.0 Å². The molecular formula is C17H18N2O5. The summed E-state index contributed by atoms with van der Waals surface area (Å²) in [4.78, 5) is 20.4. The van der Waals surface area contributed by atoms with E-state index in [1.165, 1.54) is 20.3 Å². The third kappa shape index (κ3) is 3.81. The fraction of sp³-hybridized carbons (Fsp3) is 0.235. The first kappa shape index (κ1) is 17.3. The zero-order valence-electron chi connectivity index (χ0n) is 13.7. The molecular weight excluding hydrogens is 312 g/mol. The lowest BCUT2D eigenvalue weighted by molar-refractivity contribution is 0.0523. The van der Waals surface area contributed by atoms with Gasteiger partial charge in [0.2, 0.25) is 11.8 Å². The number of aromatic nitrogens is 2.